The van der Waals surface area contributed by atoms with Gasteiger partial charge in [0, 0.05) is 18.3 Å². The van der Waals surface area contributed by atoms with Gasteiger partial charge in [0.05, 0.1) is 12.2 Å². The molecule has 0 spiro atoms. The third kappa shape index (κ3) is 2.55. The summed E-state index contributed by atoms with van der Waals surface area (Å²) in [6, 6.07) is 14.9. The Kier molecular flexibility index (Phi) is 3.73. The summed E-state index contributed by atoms with van der Waals surface area (Å²) in [5.41, 5.74) is 6.51. The molecule has 0 aliphatic rings. The standard InChI is InChI=1S/C17H20N4/c1-12-16(11-19-21(12)2)17(20-18)10-14-8-5-7-13-6-3-4-9-15(13)14/h3-9,11,17,20H,10,18H2,1-2H3. The van der Waals surface area contributed by atoms with Crippen LogP contribution in [0.2, 0.25) is 0 Å². The van der Waals surface area contributed by atoms with Crippen molar-refractivity contribution in [3.8, 4) is 0 Å². The molecule has 3 rings (SSSR count). The van der Waals surface area contributed by atoms with Crippen LogP contribution in [0.3, 0.4) is 0 Å². The van der Waals surface area contributed by atoms with Crippen molar-refractivity contribution in [1.29, 1.82) is 0 Å². The SMILES string of the molecule is Cc1c(C(Cc2cccc3ccccc23)NN)cnn1C. The summed E-state index contributed by atoms with van der Waals surface area (Å²) >= 11 is 0. The van der Waals surface area contributed by atoms with E-state index in [9.17, 15) is 0 Å². The van der Waals surface area contributed by atoms with Gasteiger partial charge < -0.3 is 0 Å². The van der Waals surface area contributed by atoms with Crippen LogP contribution >= 0.6 is 0 Å². The lowest BCUT2D eigenvalue weighted by Gasteiger charge is -2.17. The van der Waals surface area contributed by atoms with Crippen molar-refractivity contribution in [3.63, 3.8) is 0 Å². The van der Waals surface area contributed by atoms with Gasteiger partial charge >= 0.3 is 0 Å². The molecule has 0 bridgehead atoms. The number of nitrogens with zero attached hydrogens (tertiary/aromatic N) is 2. The topological polar surface area (TPSA) is 55.9 Å². The summed E-state index contributed by atoms with van der Waals surface area (Å²) in [5, 5.41) is 6.85. The fraction of sp³-hybridized carbons (Fsp3) is 0.235. The summed E-state index contributed by atoms with van der Waals surface area (Å²) in [7, 11) is 1.95. The van der Waals surface area contributed by atoms with Gasteiger partial charge in [0.15, 0.2) is 0 Å². The number of fused-ring (bicyclic) bond motifs is 1. The lowest BCUT2D eigenvalue weighted by Crippen LogP contribution is -2.30. The highest BCUT2D eigenvalue weighted by atomic mass is 15.3. The zero-order chi connectivity index (χ0) is 14.8. The lowest BCUT2D eigenvalue weighted by atomic mass is 9.95. The first-order valence-electron chi connectivity index (χ1n) is 7.12. The summed E-state index contributed by atoms with van der Waals surface area (Å²) < 4.78 is 1.88. The number of aryl methyl sites for hydroxylation is 1. The van der Waals surface area contributed by atoms with E-state index in [0.717, 1.165) is 17.7 Å². The molecule has 4 nitrogen and oxygen atoms in total. The second-order valence-corrected chi connectivity index (χ2v) is 5.37. The zero-order valence-electron chi connectivity index (χ0n) is 12.4. The number of hydrazine groups is 1. The first kappa shape index (κ1) is 13.8. The predicted octanol–water partition coefficient (Wildman–Crippen LogP) is 2.63. The molecule has 3 N–H and O–H groups in total. The summed E-state index contributed by atoms with van der Waals surface area (Å²) in [5.74, 6) is 5.79. The molecule has 21 heavy (non-hydrogen) atoms. The van der Waals surface area contributed by atoms with Gasteiger partial charge in [-0.15, -0.1) is 0 Å². The van der Waals surface area contributed by atoms with E-state index >= 15 is 0 Å². The molecule has 1 atom stereocenters. The van der Waals surface area contributed by atoms with Gasteiger partial charge in [0.2, 0.25) is 0 Å². The first-order chi connectivity index (χ1) is 10.2. The van der Waals surface area contributed by atoms with Crippen LogP contribution in [-0.4, -0.2) is 9.78 Å². The first-order valence-corrected chi connectivity index (χ1v) is 7.12. The maximum absolute atomic E-state index is 5.79. The minimum absolute atomic E-state index is 0.0597. The highest BCUT2D eigenvalue weighted by Gasteiger charge is 2.16. The van der Waals surface area contributed by atoms with E-state index in [1.54, 1.807) is 0 Å². The molecule has 4 heteroatoms. The molecule has 0 fully saturated rings. The van der Waals surface area contributed by atoms with E-state index in [-0.39, 0.29) is 6.04 Å². The predicted molar refractivity (Wildman–Crippen MR) is 85.7 cm³/mol. The molecule has 0 aliphatic carbocycles. The normalized spacial score (nSPS) is 12.7. The van der Waals surface area contributed by atoms with Crippen molar-refractivity contribution in [1.82, 2.24) is 15.2 Å². The van der Waals surface area contributed by atoms with E-state index in [0.29, 0.717) is 0 Å². The van der Waals surface area contributed by atoms with Crippen LogP contribution in [0.1, 0.15) is 22.9 Å². The van der Waals surface area contributed by atoms with E-state index in [4.69, 9.17) is 5.84 Å². The molecule has 2 aromatic carbocycles. The molecule has 0 radical (unpaired) electrons. The molecular weight excluding hydrogens is 260 g/mol. The minimum atomic E-state index is 0.0597. The Balaban J connectivity index is 1.98. The Hall–Kier alpha value is -2.17. The fourth-order valence-electron chi connectivity index (χ4n) is 2.81. The largest absolute Gasteiger partial charge is 0.273 e. The van der Waals surface area contributed by atoms with E-state index in [1.807, 2.05) is 17.9 Å². The molecule has 0 saturated carbocycles. The lowest BCUT2D eigenvalue weighted by molar-refractivity contribution is 0.549. The van der Waals surface area contributed by atoms with E-state index < -0.39 is 0 Å². The van der Waals surface area contributed by atoms with Gasteiger partial charge in [-0.3, -0.25) is 16.0 Å². The van der Waals surface area contributed by atoms with Gasteiger partial charge in [0.25, 0.3) is 0 Å². The fourth-order valence-corrected chi connectivity index (χ4v) is 2.81. The van der Waals surface area contributed by atoms with E-state index in [1.165, 1.54) is 16.3 Å². The van der Waals surface area contributed by atoms with Gasteiger partial charge in [0.1, 0.15) is 0 Å². The van der Waals surface area contributed by atoms with Crippen molar-refractivity contribution in [2.75, 3.05) is 0 Å². The second kappa shape index (κ2) is 5.68. The molecule has 0 saturated heterocycles. The quantitative estimate of drug-likeness (QED) is 0.570. The van der Waals surface area contributed by atoms with Crippen LogP contribution in [0.5, 0.6) is 0 Å². The Morgan fingerprint density at radius 1 is 1.19 bits per heavy atom. The van der Waals surface area contributed by atoms with Crippen molar-refractivity contribution in [2.45, 2.75) is 19.4 Å². The molecule has 1 aromatic heterocycles. The number of aromatic nitrogens is 2. The average molecular weight is 280 g/mol. The smallest absolute Gasteiger partial charge is 0.0540 e. The molecule has 0 amide bonds. The Morgan fingerprint density at radius 3 is 2.67 bits per heavy atom. The summed E-state index contributed by atoms with van der Waals surface area (Å²) in [4.78, 5) is 0. The minimum Gasteiger partial charge on any atom is -0.273 e. The van der Waals surface area contributed by atoms with Crippen LogP contribution < -0.4 is 11.3 Å². The average Bonchev–Trinajstić information content (AvgIpc) is 2.85. The van der Waals surface area contributed by atoms with Crippen molar-refractivity contribution >= 4 is 10.8 Å². The monoisotopic (exact) mass is 280 g/mol. The molecule has 3 aromatic rings. The Bertz CT molecular complexity index is 755. The van der Waals surface area contributed by atoms with E-state index in [2.05, 4.69) is 59.9 Å². The van der Waals surface area contributed by atoms with Gasteiger partial charge in [-0.2, -0.15) is 5.10 Å². The number of nitrogens with two attached hydrogens (primary N) is 1. The van der Waals surface area contributed by atoms with Crippen LogP contribution in [-0.2, 0) is 13.5 Å². The van der Waals surface area contributed by atoms with Crippen molar-refractivity contribution in [2.24, 2.45) is 12.9 Å². The number of benzene rings is 2. The molecular formula is C17H20N4. The van der Waals surface area contributed by atoms with Crippen LogP contribution in [0.25, 0.3) is 10.8 Å². The molecule has 0 aliphatic heterocycles. The highest BCUT2D eigenvalue weighted by Crippen LogP contribution is 2.25. The van der Waals surface area contributed by atoms with Crippen molar-refractivity contribution < 1.29 is 0 Å². The Labute approximate surface area is 124 Å². The highest BCUT2D eigenvalue weighted by molar-refractivity contribution is 5.85. The zero-order valence-corrected chi connectivity index (χ0v) is 12.4. The number of hydrogen-bond acceptors (Lipinski definition) is 3. The third-order valence-corrected chi connectivity index (χ3v) is 4.15. The van der Waals surface area contributed by atoms with Crippen molar-refractivity contribution in [3.05, 3.63) is 65.5 Å². The van der Waals surface area contributed by atoms with Gasteiger partial charge in [-0.05, 0) is 29.7 Å². The Morgan fingerprint density at radius 2 is 1.95 bits per heavy atom. The summed E-state index contributed by atoms with van der Waals surface area (Å²) in [6.07, 6.45) is 2.73. The number of nitrogens with one attached hydrogen (secondary N) is 1. The number of rotatable bonds is 4. The van der Waals surface area contributed by atoms with Crippen LogP contribution in [0, 0.1) is 6.92 Å². The maximum Gasteiger partial charge on any atom is 0.0540 e. The maximum atomic E-state index is 5.79. The molecule has 108 valence electrons. The number of hydrogen-bond donors (Lipinski definition) is 2. The van der Waals surface area contributed by atoms with Gasteiger partial charge in [-0.1, -0.05) is 42.5 Å². The van der Waals surface area contributed by atoms with Crippen LogP contribution in [0.4, 0.5) is 0 Å². The second-order valence-electron chi connectivity index (χ2n) is 5.37. The van der Waals surface area contributed by atoms with Crippen LogP contribution in [0.15, 0.2) is 48.7 Å². The summed E-state index contributed by atoms with van der Waals surface area (Å²) in [6.45, 7) is 2.07. The molecule has 1 unspecified atom stereocenters. The third-order valence-electron chi connectivity index (χ3n) is 4.15. The van der Waals surface area contributed by atoms with Gasteiger partial charge in [-0.25, -0.2) is 0 Å². The molecule has 1 heterocycles.